The Morgan fingerprint density at radius 3 is 2.50 bits per heavy atom. The van der Waals surface area contributed by atoms with Crippen LogP contribution in [-0.2, 0) is 10.2 Å². The van der Waals surface area contributed by atoms with E-state index in [1.807, 2.05) is 0 Å². The molecule has 2 bridgehead atoms. The van der Waals surface area contributed by atoms with Gasteiger partial charge in [-0.05, 0) is 28.8 Å². The second-order valence-corrected chi connectivity index (χ2v) is 8.00. The Hall–Kier alpha value is -1.42. The topological polar surface area (TPSA) is 67.5 Å². The number of halogens is 6. The number of carboxylic acids is 1. The maximum Gasteiger partial charge on any atom is 0.316 e. The van der Waals surface area contributed by atoms with Crippen LogP contribution in [0.25, 0.3) is 5.52 Å². The van der Waals surface area contributed by atoms with Crippen molar-refractivity contribution in [1.82, 2.24) is 14.4 Å². The van der Waals surface area contributed by atoms with Crippen LogP contribution in [0, 0.1) is 5.41 Å². The molecule has 0 aliphatic heterocycles. The lowest BCUT2D eigenvalue weighted by Gasteiger charge is -2.57. The lowest BCUT2D eigenvalue weighted by atomic mass is 9.49. The summed E-state index contributed by atoms with van der Waals surface area (Å²) in [5.74, 6) is -9.64. The van der Waals surface area contributed by atoms with Gasteiger partial charge in [0.25, 0.3) is 11.8 Å². The molecule has 2 atom stereocenters. The molecule has 0 radical (unpaired) electrons. The third kappa shape index (κ3) is 1.94. The standard InChI is InChI=1S/C15H11BrClF4N3O2/c16-8-7-9(17)22-3-4-24(7)10(23-8)12-1-2-13(11(25)26,6-14(12,18)19)15(20,21)5-12/h3-4H,1-2,5-6H2,(H,25,26). The van der Waals surface area contributed by atoms with Gasteiger partial charge in [0.05, 0.1) is 5.41 Å². The van der Waals surface area contributed by atoms with Gasteiger partial charge in [0.15, 0.2) is 5.15 Å². The Morgan fingerprint density at radius 1 is 1.23 bits per heavy atom. The van der Waals surface area contributed by atoms with Crippen molar-refractivity contribution >= 4 is 39.0 Å². The van der Waals surface area contributed by atoms with E-state index in [4.69, 9.17) is 11.6 Å². The third-order valence-electron chi connectivity index (χ3n) is 5.73. The number of hydrogen-bond acceptors (Lipinski definition) is 3. The number of hydrogen-bond donors (Lipinski definition) is 1. The fraction of sp³-hybridized carbons (Fsp3) is 0.533. The zero-order valence-corrected chi connectivity index (χ0v) is 15.3. The van der Waals surface area contributed by atoms with Crippen LogP contribution in [0.5, 0.6) is 0 Å². The van der Waals surface area contributed by atoms with E-state index in [1.54, 1.807) is 0 Å². The van der Waals surface area contributed by atoms with Crippen LogP contribution in [-0.4, -0.2) is 37.3 Å². The average Bonchev–Trinajstić information content (AvgIpc) is 2.86. The smallest absolute Gasteiger partial charge is 0.316 e. The van der Waals surface area contributed by atoms with Gasteiger partial charge < -0.3 is 5.11 Å². The number of aliphatic carboxylic acids is 1. The monoisotopic (exact) mass is 455 g/mol. The highest BCUT2D eigenvalue weighted by atomic mass is 79.9. The highest BCUT2D eigenvalue weighted by Crippen LogP contribution is 2.69. The molecular formula is C15H11BrClF4N3O2. The number of alkyl halides is 4. The Balaban J connectivity index is 1.98. The third-order valence-corrected chi connectivity index (χ3v) is 6.56. The van der Waals surface area contributed by atoms with Gasteiger partial charge in [-0.15, -0.1) is 0 Å². The molecule has 5 rings (SSSR count). The molecular weight excluding hydrogens is 446 g/mol. The van der Waals surface area contributed by atoms with Gasteiger partial charge in [-0.1, -0.05) is 11.6 Å². The minimum Gasteiger partial charge on any atom is -0.481 e. The van der Waals surface area contributed by atoms with E-state index in [-0.39, 0.29) is 21.1 Å². The van der Waals surface area contributed by atoms with Crippen LogP contribution >= 0.6 is 27.5 Å². The molecule has 3 saturated carbocycles. The van der Waals surface area contributed by atoms with E-state index < -0.39 is 54.3 Å². The molecule has 3 aliphatic rings. The van der Waals surface area contributed by atoms with E-state index in [9.17, 15) is 18.7 Å². The minimum atomic E-state index is -3.80. The summed E-state index contributed by atoms with van der Waals surface area (Å²) in [4.78, 5) is 19.4. The molecule has 0 aromatic carbocycles. The molecule has 5 nitrogen and oxygen atoms in total. The molecule has 2 aromatic heterocycles. The summed E-state index contributed by atoms with van der Waals surface area (Å²) in [7, 11) is 0. The van der Waals surface area contributed by atoms with Gasteiger partial charge in [-0.2, -0.15) is 0 Å². The number of nitrogens with zero attached hydrogens (tertiary/aromatic N) is 3. The Labute approximate surface area is 157 Å². The molecule has 3 fully saturated rings. The summed E-state index contributed by atoms with van der Waals surface area (Å²) in [5.41, 5.74) is -4.87. The summed E-state index contributed by atoms with van der Waals surface area (Å²) < 4.78 is 61.1. The van der Waals surface area contributed by atoms with Gasteiger partial charge in [0.1, 0.15) is 21.4 Å². The number of carboxylic acid groups (broad SMARTS) is 1. The first-order valence-corrected chi connectivity index (χ1v) is 8.82. The molecule has 11 heteroatoms. The molecule has 140 valence electrons. The van der Waals surface area contributed by atoms with Crippen LogP contribution in [0.15, 0.2) is 17.0 Å². The van der Waals surface area contributed by atoms with E-state index >= 15 is 8.78 Å². The lowest BCUT2D eigenvalue weighted by molar-refractivity contribution is -0.282. The highest BCUT2D eigenvalue weighted by Gasteiger charge is 2.79. The number of aromatic nitrogens is 3. The quantitative estimate of drug-likeness (QED) is 0.684. The fourth-order valence-electron chi connectivity index (χ4n) is 4.32. The molecule has 3 aliphatic carbocycles. The Morgan fingerprint density at radius 2 is 1.92 bits per heavy atom. The van der Waals surface area contributed by atoms with Crippen molar-refractivity contribution in [2.24, 2.45) is 5.41 Å². The van der Waals surface area contributed by atoms with Gasteiger partial charge in [-0.25, -0.2) is 27.5 Å². The first-order valence-electron chi connectivity index (χ1n) is 7.65. The predicted molar refractivity (Wildman–Crippen MR) is 85.8 cm³/mol. The molecule has 26 heavy (non-hydrogen) atoms. The zero-order chi connectivity index (χ0) is 19.1. The number of imidazole rings is 1. The van der Waals surface area contributed by atoms with E-state index in [0.29, 0.717) is 0 Å². The number of carbonyl (C=O) groups is 1. The predicted octanol–water partition coefficient (Wildman–Crippen LogP) is 4.31. The normalized spacial score (nSPS) is 32.1. The summed E-state index contributed by atoms with van der Waals surface area (Å²) in [5, 5.41) is 9.26. The van der Waals surface area contributed by atoms with Crippen LogP contribution < -0.4 is 0 Å². The van der Waals surface area contributed by atoms with Gasteiger partial charge in [0, 0.05) is 25.2 Å². The summed E-state index contributed by atoms with van der Waals surface area (Å²) in [6.45, 7) is 0. The molecule has 2 aromatic rings. The van der Waals surface area contributed by atoms with Crippen molar-refractivity contribution in [2.45, 2.75) is 42.9 Å². The van der Waals surface area contributed by atoms with Crippen LogP contribution in [0.1, 0.15) is 31.5 Å². The summed E-state index contributed by atoms with van der Waals surface area (Å²) >= 11 is 9.11. The fourth-order valence-corrected chi connectivity index (χ4v) is 5.21. The average molecular weight is 457 g/mol. The molecule has 0 amide bonds. The van der Waals surface area contributed by atoms with Crippen LogP contribution in [0.2, 0.25) is 5.15 Å². The summed E-state index contributed by atoms with van der Waals surface area (Å²) in [6.07, 6.45) is -1.14. The lowest BCUT2D eigenvalue weighted by Crippen LogP contribution is -2.69. The molecule has 2 unspecified atom stereocenters. The van der Waals surface area contributed by atoms with Gasteiger partial charge in [0.2, 0.25) is 0 Å². The zero-order valence-electron chi connectivity index (χ0n) is 12.9. The maximum absolute atomic E-state index is 15.1. The molecule has 0 spiro atoms. The van der Waals surface area contributed by atoms with E-state index in [0.717, 1.165) is 0 Å². The van der Waals surface area contributed by atoms with Crippen molar-refractivity contribution in [1.29, 1.82) is 0 Å². The SMILES string of the molecule is O=C(O)C12CCC(c3nc(Br)c4c(Cl)nccn34)(CC1(F)F)C(F)(F)C2. The Kier molecular flexibility index (Phi) is 3.52. The van der Waals surface area contributed by atoms with E-state index in [1.165, 1.54) is 16.8 Å². The second kappa shape index (κ2) is 5.09. The highest BCUT2D eigenvalue weighted by molar-refractivity contribution is 9.10. The number of rotatable bonds is 2. The van der Waals surface area contributed by atoms with E-state index in [2.05, 4.69) is 25.9 Å². The first kappa shape index (κ1) is 18.0. The van der Waals surface area contributed by atoms with Gasteiger partial charge in [-0.3, -0.25) is 9.20 Å². The Bertz CT molecular complexity index is 952. The second-order valence-electron chi connectivity index (χ2n) is 6.89. The molecule has 1 N–H and O–H groups in total. The maximum atomic E-state index is 15.1. The van der Waals surface area contributed by atoms with Crippen molar-refractivity contribution < 1.29 is 27.5 Å². The van der Waals surface area contributed by atoms with Crippen molar-refractivity contribution in [3.63, 3.8) is 0 Å². The minimum absolute atomic E-state index is 0.0175. The summed E-state index contributed by atoms with van der Waals surface area (Å²) in [6, 6.07) is 0. The van der Waals surface area contributed by atoms with Crippen LogP contribution in [0.3, 0.4) is 0 Å². The van der Waals surface area contributed by atoms with Crippen molar-refractivity contribution in [2.75, 3.05) is 0 Å². The largest absolute Gasteiger partial charge is 0.481 e. The van der Waals surface area contributed by atoms with Crippen molar-refractivity contribution in [3.8, 4) is 0 Å². The molecule has 2 heterocycles. The number of fused-ring (bicyclic) bond motifs is 4. The van der Waals surface area contributed by atoms with Gasteiger partial charge >= 0.3 is 5.97 Å². The van der Waals surface area contributed by atoms with Crippen molar-refractivity contribution in [3.05, 3.63) is 28.0 Å². The van der Waals surface area contributed by atoms with Crippen LogP contribution in [0.4, 0.5) is 17.6 Å². The molecule has 0 saturated heterocycles. The first-order chi connectivity index (χ1) is 12.0.